The van der Waals surface area contributed by atoms with Crippen molar-refractivity contribution >= 4 is 28.2 Å². The highest BCUT2D eigenvalue weighted by atomic mass is 19.1. The maximum atomic E-state index is 13.5. The van der Waals surface area contributed by atoms with Crippen LogP contribution in [-0.4, -0.2) is 53.1 Å². The highest BCUT2D eigenvalue weighted by molar-refractivity contribution is 5.91. The van der Waals surface area contributed by atoms with Gasteiger partial charge in [0.2, 0.25) is 5.91 Å². The van der Waals surface area contributed by atoms with Crippen LogP contribution in [0.4, 0.5) is 15.8 Å². The Bertz CT molecular complexity index is 1200. The molecular formula is C24H26FN5O2. The van der Waals surface area contributed by atoms with E-state index in [1.807, 2.05) is 18.2 Å². The first kappa shape index (κ1) is 20.6. The van der Waals surface area contributed by atoms with Crippen LogP contribution in [0.5, 0.6) is 0 Å². The highest BCUT2D eigenvalue weighted by Gasteiger charge is 2.26. The second-order valence-corrected chi connectivity index (χ2v) is 8.67. The molecule has 0 unspecified atom stereocenters. The summed E-state index contributed by atoms with van der Waals surface area (Å²) in [6, 6.07) is 11.6. The van der Waals surface area contributed by atoms with Gasteiger partial charge in [-0.15, -0.1) is 0 Å². The molecule has 1 aromatic heterocycles. The second-order valence-electron chi connectivity index (χ2n) is 8.67. The Morgan fingerprint density at radius 3 is 2.69 bits per heavy atom. The number of rotatable bonds is 6. The van der Waals surface area contributed by atoms with Gasteiger partial charge in [0.25, 0.3) is 5.56 Å². The normalized spacial score (nSPS) is 17.0. The minimum Gasteiger partial charge on any atom is -0.369 e. The molecule has 1 aliphatic heterocycles. The Balaban J connectivity index is 1.23. The average Bonchev–Trinajstić information content (AvgIpc) is 3.61. The maximum absolute atomic E-state index is 13.5. The Kier molecular flexibility index (Phi) is 5.61. The van der Waals surface area contributed by atoms with E-state index in [0.717, 1.165) is 43.9 Å². The van der Waals surface area contributed by atoms with Crippen LogP contribution in [0.1, 0.15) is 12.8 Å². The standard InChI is InChI=1S/C24H26FN5O2/c25-18-6-7-22-21(12-18)24(32)30(16-26-22)15-23(31)27-19-2-1-3-20(13-19)29-10-8-28(9-11-29)14-17-4-5-17/h1-3,6-7,12-13,16-17H,4-5,8-11,14-15H2,(H,27,31). The van der Waals surface area contributed by atoms with Crippen molar-refractivity contribution in [2.24, 2.45) is 5.92 Å². The fourth-order valence-electron chi connectivity index (χ4n) is 4.23. The smallest absolute Gasteiger partial charge is 0.261 e. The molecule has 0 radical (unpaired) electrons. The SMILES string of the molecule is O=C(Cn1cnc2ccc(F)cc2c1=O)Nc1cccc(N2CCN(CC3CC3)CC2)c1. The van der Waals surface area contributed by atoms with Crippen molar-refractivity contribution in [1.29, 1.82) is 0 Å². The zero-order chi connectivity index (χ0) is 22.1. The van der Waals surface area contributed by atoms with Crippen LogP contribution >= 0.6 is 0 Å². The topological polar surface area (TPSA) is 70.5 Å². The van der Waals surface area contributed by atoms with Gasteiger partial charge in [-0.1, -0.05) is 6.07 Å². The summed E-state index contributed by atoms with van der Waals surface area (Å²) in [6.45, 7) is 5.09. The third-order valence-electron chi connectivity index (χ3n) is 6.18. The lowest BCUT2D eigenvalue weighted by Gasteiger charge is -2.36. The van der Waals surface area contributed by atoms with E-state index in [4.69, 9.17) is 0 Å². The summed E-state index contributed by atoms with van der Waals surface area (Å²) >= 11 is 0. The number of nitrogens with zero attached hydrogens (tertiary/aromatic N) is 4. The van der Waals surface area contributed by atoms with Crippen molar-refractivity contribution in [3.8, 4) is 0 Å². The van der Waals surface area contributed by atoms with E-state index in [-0.39, 0.29) is 17.8 Å². The molecule has 7 nitrogen and oxygen atoms in total. The number of halogens is 1. The largest absolute Gasteiger partial charge is 0.369 e. The highest BCUT2D eigenvalue weighted by Crippen LogP contribution is 2.30. The monoisotopic (exact) mass is 435 g/mol. The van der Waals surface area contributed by atoms with E-state index in [9.17, 15) is 14.0 Å². The zero-order valence-corrected chi connectivity index (χ0v) is 17.8. The number of benzene rings is 2. The Morgan fingerprint density at radius 2 is 1.91 bits per heavy atom. The quantitative estimate of drug-likeness (QED) is 0.645. The fourth-order valence-corrected chi connectivity index (χ4v) is 4.23. The van der Waals surface area contributed by atoms with Gasteiger partial charge >= 0.3 is 0 Å². The van der Waals surface area contributed by atoms with Gasteiger partial charge in [0.05, 0.1) is 17.2 Å². The van der Waals surface area contributed by atoms with Crippen LogP contribution in [0.25, 0.3) is 10.9 Å². The number of carbonyl (C=O) groups is 1. The number of anilines is 2. The van der Waals surface area contributed by atoms with E-state index < -0.39 is 11.4 Å². The van der Waals surface area contributed by atoms with Gasteiger partial charge in [-0.25, -0.2) is 9.37 Å². The molecule has 166 valence electrons. The summed E-state index contributed by atoms with van der Waals surface area (Å²) in [5.74, 6) is 0.0595. The summed E-state index contributed by atoms with van der Waals surface area (Å²) in [6.07, 6.45) is 4.07. The molecule has 8 heteroatoms. The summed E-state index contributed by atoms with van der Waals surface area (Å²) in [5.41, 5.74) is 1.72. The molecule has 3 aromatic rings. The third kappa shape index (κ3) is 4.65. The van der Waals surface area contributed by atoms with E-state index in [1.165, 1.54) is 42.4 Å². The van der Waals surface area contributed by atoms with Crippen molar-refractivity contribution in [2.45, 2.75) is 19.4 Å². The number of hydrogen-bond donors (Lipinski definition) is 1. The number of amides is 1. The third-order valence-corrected chi connectivity index (χ3v) is 6.18. The lowest BCUT2D eigenvalue weighted by Crippen LogP contribution is -2.47. The summed E-state index contributed by atoms with van der Waals surface area (Å²) in [7, 11) is 0. The molecule has 2 fully saturated rings. The zero-order valence-electron chi connectivity index (χ0n) is 17.8. The van der Waals surface area contributed by atoms with Crippen molar-refractivity contribution in [2.75, 3.05) is 42.9 Å². The molecule has 1 saturated carbocycles. The van der Waals surface area contributed by atoms with Crippen LogP contribution in [0.2, 0.25) is 0 Å². The minimum absolute atomic E-state index is 0.156. The van der Waals surface area contributed by atoms with E-state index in [2.05, 4.69) is 26.2 Å². The first-order valence-corrected chi connectivity index (χ1v) is 11.1. The van der Waals surface area contributed by atoms with E-state index in [1.54, 1.807) is 0 Å². The maximum Gasteiger partial charge on any atom is 0.261 e. The van der Waals surface area contributed by atoms with Crippen molar-refractivity contribution < 1.29 is 9.18 Å². The first-order chi connectivity index (χ1) is 15.5. The Hall–Kier alpha value is -3.26. The van der Waals surface area contributed by atoms with E-state index in [0.29, 0.717) is 11.2 Å². The molecule has 32 heavy (non-hydrogen) atoms. The summed E-state index contributed by atoms with van der Waals surface area (Å²) < 4.78 is 14.7. The number of aromatic nitrogens is 2. The van der Waals surface area contributed by atoms with Crippen LogP contribution in [-0.2, 0) is 11.3 Å². The average molecular weight is 436 g/mol. The molecule has 1 saturated heterocycles. The molecule has 0 bridgehead atoms. The van der Waals surface area contributed by atoms with Gasteiger partial charge in [0.15, 0.2) is 0 Å². The van der Waals surface area contributed by atoms with Crippen LogP contribution < -0.4 is 15.8 Å². The van der Waals surface area contributed by atoms with Crippen LogP contribution in [0.3, 0.4) is 0 Å². The number of piperazine rings is 1. The minimum atomic E-state index is -0.510. The number of carbonyl (C=O) groups excluding carboxylic acids is 1. The molecule has 2 aromatic carbocycles. The Labute approximate surface area is 185 Å². The molecule has 5 rings (SSSR count). The van der Waals surface area contributed by atoms with Crippen molar-refractivity contribution in [3.05, 3.63) is 65.0 Å². The lowest BCUT2D eigenvalue weighted by molar-refractivity contribution is -0.116. The summed E-state index contributed by atoms with van der Waals surface area (Å²) in [5, 5.41) is 3.02. The summed E-state index contributed by atoms with van der Waals surface area (Å²) in [4.78, 5) is 34.2. The van der Waals surface area contributed by atoms with Crippen molar-refractivity contribution in [1.82, 2.24) is 14.5 Å². The van der Waals surface area contributed by atoms with Gasteiger partial charge < -0.3 is 10.2 Å². The van der Waals surface area contributed by atoms with Crippen LogP contribution in [0, 0.1) is 11.7 Å². The van der Waals surface area contributed by atoms with Gasteiger partial charge in [0, 0.05) is 44.1 Å². The predicted molar refractivity (Wildman–Crippen MR) is 122 cm³/mol. The first-order valence-electron chi connectivity index (χ1n) is 11.1. The predicted octanol–water partition coefficient (Wildman–Crippen LogP) is 2.71. The van der Waals surface area contributed by atoms with E-state index >= 15 is 0 Å². The van der Waals surface area contributed by atoms with Gasteiger partial charge in [-0.05, 0) is 55.2 Å². The number of hydrogen-bond acceptors (Lipinski definition) is 5. The van der Waals surface area contributed by atoms with Gasteiger partial charge in [-0.3, -0.25) is 19.1 Å². The van der Waals surface area contributed by atoms with Gasteiger partial charge in [-0.2, -0.15) is 0 Å². The molecule has 2 aliphatic rings. The van der Waals surface area contributed by atoms with Gasteiger partial charge in [0.1, 0.15) is 12.4 Å². The molecule has 1 aliphatic carbocycles. The molecule has 1 N–H and O–H groups in total. The number of fused-ring (bicyclic) bond motifs is 1. The Morgan fingerprint density at radius 1 is 1.09 bits per heavy atom. The molecule has 0 atom stereocenters. The van der Waals surface area contributed by atoms with Crippen molar-refractivity contribution in [3.63, 3.8) is 0 Å². The molecule has 1 amide bonds. The molecule has 2 heterocycles. The fraction of sp³-hybridized carbons (Fsp3) is 0.375. The van der Waals surface area contributed by atoms with Crippen LogP contribution in [0.15, 0.2) is 53.6 Å². The molecule has 0 spiro atoms. The number of nitrogens with one attached hydrogen (secondary N) is 1. The second kappa shape index (κ2) is 8.70. The lowest BCUT2D eigenvalue weighted by atomic mass is 10.2. The molecular weight excluding hydrogens is 409 g/mol.